The number of hydrogen-bond donors (Lipinski definition) is 1. The van der Waals surface area contributed by atoms with Crippen LogP contribution in [0.3, 0.4) is 0 Å². The molecule has 0 bridgehead atoms. The number of rotatable bonds is 5. The van der Waals surface area contributed by atoms with Gasteiger partial charge in [-0.3, -0.25) is 4.79 Å². The molecule has 1 N–H and O–H groups in total. The van der Waals surface area contributed by atoms with Crippen LogP contribution in [0, 0.1) is 0 Å². The van der Waals surface area contributed by atoms with Gasteiger partial charge in [-0.05, 0) is 35.3 Å². The Morgan fingerprint density at radius 2 is 1.87 bits per heavy atom. The molecule has 0 saturated carbocycles. The van der Waals surface area contributed by atoms with Gasteiger partial charge in [0.25, 0.3) is 5.91 Å². The van der Waals surface area contributed by atoms with E-state index in [0.717, 1.165) is 22.6 Å². The molecule has 2 aromatic carbocycles. The van der Waals surface area contributed by atoms with Crippen molar-refractivity contribution in [1.29, 1.82) is 0 Å². The molecule has 0 radical (unpaired) electrons. The standard InChI is InChI=1S/C18H16N2O2S/c1-22-15-9-7-13(8-10-15)12-19-18(21)17-11-16(20-23-17)14-5-3-2-4-6-14/h2-11H,12H2,1H3,(H,19,21). The topological polar surface area (TPSA) is 51.2 Å². The van der Waals surface area contributed by atoms with Crippen LogP contribution < -0.4 is 10.1 Å². The first-order valence-electron chi connectivity index (χ1n) is 7.19. The first kappa shape index (κ1) is 15.2. The van der Waals surface area contributed by atoms with Crippen LogP contribution in [-0.4, -0.2) is 17.4 Å². The average molecular weight is 324 g/mol. The van der Waals surface area contributed by atoms with Crippen LogP contribution in [0.2, 0.25) is 0 Å². The predicted molar refractivity (Wildman–Crippen MR) is 91.7 cm³/mol. The number of benzene rings is 2. The number of aromatic nitrogens is 1. The molecule has 0 saturated heterocycles. The van der Waals surface area contributed by atoms with Gasteiger partial charge in [0.05, 0.1) is 12.8 Å². The van der Waals surface area contributed by atoms with Crippen LogP contribution >= 0.6 is 11.5 Å². The van der Waals surface area contributed by atoms with E-state index in [1.165, 1.54) is 11.5 Å². The molecule has 0 atom stereocenters. The molecule has 3 rings (SSSR count). The number of carbonyl (C=O) groups is 1. The molecule has 4 nitrogen and oxygen atoms in total. The van der Waals surface area contributed by atoms with Crippen LogP contribution in [0.4, 0.5) is 0 Å². The Bertz CT molecular complexity index is 782. The zero-order valence-electron chi connectivity index (χ0n) is 12.7. The molecular formula is C18H16N2O2S. The number of hydrogen-bond acceptors (Lipinski definition) is 4. The number of amides is 1. The maximum atomic E-state index is 12.2. The van der Waals surface area contributed by atoms with Gasteiger partial charge in [0, 0.05) is 12.1 Å². The van der Waals surface area contributed by atoms with Crippen LogP contribution in [0.5, 0.6) is 5.75 Å². The Morgan fingerprint density at radius 1 is 1.13 bits per heavy atom. The quantitative estimate of drug-likeness (QED) is 0.777. The highest BCUT2D eigenvalue weighted by molar-refractivity contribution is 7.08. The second-order valence-electron chi connectivity index (χ2n) is 4.97. The lowest BCUT2D eigenvalue weighted by molar-refractivity contribution is 0.0955. The molecule has 23 heavy (non-hydrogen) atoms. The molecule has 0 fully saturated rings. The second kappa shape index (κ2) is 7.07. The molecule has 0 unspecified atom stereocenters. The Hall–Kier alpha value is -2.66. The lowest BCUT2D eigenvalue weighted by atomic mass is 10.1. The molecular weight excluding hydrogens is 308 g/mol. The van der Waals surface area contributed by atoms with Crippen molar-refractivity contribution in [2.24, 2.45) is 0 Å². The molecule has 0 spiro atoms. The summed E-state index contributed by atoms with van der Waals surface area (Å²) in [6.07, 6.45) is 0. The van der Waals surface area contributed by atoms with Gasteiger partial charge in [0.2, 0.25) is 0 Å². The van der Waals surface area contributed by atoms with E-state index in [4.69, 9.17) is 4.74 Å². The summed E-state index contributed by atoms with van der Waals surface area (Å²) in [6, 6.07) is 19.3. The zero-order chi connectivity index (χ0) is 16.1. The van der Waals surface area contributed by atoms with E-state index in [1.807, 2.05) is 60.7 Å². The summed E-state index contributed by atoms with van der Waals surface area (Å²) in [7, 11) is 1.63. The van der Waals surface area contributed by atoms with E-state index in [9.17, 15) is 4.79 Å². The number of methoxy groups -OCH3 is 1. The molecule has 1 amide bonds. The summed E-state index contributed by atoms with van der Waals surface area (Å²) in [4.78, 5) is 12.8. The largest absolute Gasteiger partial charge is 0.497 e. The lowest BCUT2D eigenvalue weighted by Gasteiger charge is -2.04. The van der Waals surface area contributed by atoms with Gasteiger partial charge in [-0.15, -0.1) is 0 Å². The Morgan fingerprint density at radius 3 is 2.57 bits per heavy atom. The Balaban J connectivity index is 1.63. The predicted octanol–water partition coefficient (Wildman–Crippen LogP) is 3.75. The molecule has 1 aromatic heterocycles. The second-order valence-corrected chi connectivity index (χ2v) is 5.78. The minimum atomic E-state index is -0.111. The SMILES string of the molecule is COc1ccc(CNC(=O)c2cc(-c3ccccc3)ns2)cc1. The number of nitrogens with zero attached hydrogens (tertiary/aromatic N) is 1. The van der Waals surface area contributed by atoms with Crippen molar-refractivity contribution in [1.82, 2.24) is 9.69 Å². The fraction of sp³-hybridized carbons (Fsp3) is 0.111. The van der Waals surface area contributed by atoms with Crippen molar-refractivity contribution >= 4 is 17.4 Å². The first-order valence-corrected chi connectivity index (χ1v) is 7.97. The van der Waals surface area contributed by atoms with Gasteiger partial charge >= 0.3 is 0 Å². The van der Waals surface area contributed by atoms with Crippen LogP contribution in [0.15, 0.2) is 60.7 Å². The van der Waals surface area contributed by atoms with Crippen molar-refractivity contribution in [3.8, 4) is 17.0 Å². The Kier molecular flexibility index (Phi) is 4.68. The third-order valence-corrected chi connectivity index (χ3v) is 4.20. The fourth-order valence-electron chi connectivity index (χ4n) is 2.14. The van der Waals surface area contributed by atoms with Gasteiger partial charge in [0.15, 0.2) is 0 Å². The van der Waals surface area contributed by atoms with Crippen LogP contribution in [0.25, 0.3) is 11.3 Å². The maximum absolute atomic E-state index is 12.2. The van der Waals surface area contributed by atoms with Gasteiger partial charge < -0.3 is 10.1 Å². The van der Waals surface area contributed by atoms with E-state index >= 15 is 0 Å². The molecule has 116 valence electrons. The minimum Gasteiger partial charge on any atom is -0.497 e. The third-order valence-electron chi connectivity index (χ3n) is 3.42. The molecule has 0 aliphatic heterocycles. The van der Waals surface area contributed by atoms with Crippen molar-refractivity contribution in [3.05, 3.63) is 71.1 Å². The smallest absolute Gasteiger partial charge is 0.263 e. The van der Waals surface area contributed by atoms with Crippen LogP contribution in [0.1, 0.15) is 15.2 Å². The van der Waals surface area contributed by atoms with Crippen LogP contribution in [-0.2, 0) is 6.54 Å². The highest BCUT2D eigenvalue weighted by Gasteiger charge is 2.11. The number of ether oxygens (including phenoxy) is 1. The van der Waals surface area contributed by atoms with E-state index in [0.29, 0.717) is 11.4 Å². The molecule has 0 aliphatic carbocycles. The molecule has 1 heterocycles. The summed E-state index contributed by atoms with van der Waals surface area (Å²) in [6.45, 7) is 0.474. The monoisotopic (exact) mass is 324 g/mol. The third kappa shape index (κ3) is 3.76. The zero-order valence-corrected chi connectivity index (χ0v) is 13.5. The van der Waals surface area contributed by atoms with Crippen molar-refractivity contribution in [2.45, 2.75) is 6.54 Å². The first-order chi connectivity index (χ1) is 11.3. The summed E-state index contributed by atoms with van der Waals surface area (Å²) < 4.78 is 9.46. The van der Waals surface area contributed by atoms with Gasteiger partial charge in [-0.25, -0.2) is 0 Å². The van der Waals surface area contributed by atoms with Crippen molar-refractivity contribution < 1.29 is 9.53 Å². The van der Waals surface area contributed by atoms with Gasteiger partial charge in [-0.1, -0.05) is 42.5 Å². The molecule has 5 heteroatoms. The highest BCUT2D eigenvalue weighted by Crippen LogP contribution is 2.21. The average Bonchev–Trinajstić information content (AvgIpc) is 3.11. The summed E-state index contributed by atoms with van der Waals surface area (Å²) >= 11 is 1.21. The number of nitrogens with one attached hydrogen (secondary N) is 1. The van der Waals surface area contributed by atoms with E-state index in [1.54, 1.807) is 7.11 Å². The fourth-order valence-corrected chi connectivity index (χ4v) is 2.81. The number of carbonyl (C=O) groups excluding carboxylic acids is 1. The summed E-state index contributed by atoms with van der Waals surface area (Å²) in [5, 5.41) is 2.91. The van der Waals surface area contributed by atoms with E-state index < -0.39 is 0 Å². The normalized spacial score (nSPS) is 10.3. The Labute approximate surface area is 138 Å². The van der Waals surface area contributed by atoms with Gasteiger partial charge in [0.1, 0.15) is 10.6 Å². The molecule has 3 aromatic rings. The highest BCUT2D eigenvalue weighted by atomic mass is 32.1. The maximum Gasteiger partial charge on any atom is 0.263 e. The van der Waals surface area contributed by atoms with Crippen molar-refractivity contribution in [3.63, 3.8) is 0 Å². The van der Waals surface area contributed by atoms with Crippen molar-refractivity contribution in [2.75, 3.05) is 7.11 Å². The van der Waals surface area contributed by atoms with E-state index in [-0.39, 0.29) is 5.91 Å². The molecule has 0 aliphatic rings. The lowest BCUT2D eigenvalue weighted by Crippen LogP contribution is -2.21. The minimum absolute atomic E-state index is 0.111. The van der Waals surface area contributed by atoms with Gasteiger partial charge in [-0.2, -0.15) is 4.37 Å². The summed E-state index contributed by atoms with van der Waals surface area (Å²) in [5.41, 5.74) is 2.86. The summed E-state index contributed by atoms with van der Waals surface area (Å²) in [5.74, 6) is 0.690. The van der Waals surface area contributed by atoms with E-state index in [2.05, 4.69) is 9.69 Å².